The van der Waals surface area contributed by atoms with Gasteiger partial charge in [0.2, 0.25) is 0 Å². The van der Waals surface area contributed by atoms with Gasteiger partial charge in [0.05, 0.1) is 6.61 Å². The Morgan fingerprint density at radius 3 is 2.41 bits per heavy atom. The number of hydrogen-bond acceptors (Lipinski definition) is 5. The summed E-state index contributed by atoms with van der Waals surface area (Å²) in [5.41, 5.74) is 0.264. The van der Waals surface area contributed by atoms with Gasteiger partial charge in [-0.2, -0.15) is 0 Å². The molecule has 0 saturated heterocycles. The number of hydrogen-bond donors (Lipinski definition) is 1. The van der Waals surface area contributed by atoms with Crippen LogP contribution in [0.5, 0.6) is 5.75 Å². The summed E-state index contributed by atoms with van der Waals surface area (Å²) < 4.78 is 16.6. The second-order valence-electron chi connectivity index (χ2n) is 8.28. The van der Waals surface area contributed by atoms with Gasteiger partial charge in [-0.3, -0.25) is 0 Å². The van der Waals surface area contributed by atoms with Crippen molar-refractivity contribution in [1.29, 1.82) is 0 Å². The standard InChI is InChI=1S/C22H32BrNO5/c1-22(2,3)29-21(26)24-19(20(25)28-18-7-4-5-8-18)15-16-9-11-17(12-10-16)27-14-6-13-23/h9-12,18-19H,4-8,13-15H2,1-3H3,(H,24,26)/t19-/m0/s1. The van der Waals surface area contributed by atoms with E-state index in [1.165, 1.54) is 0 Å². The van der Waals surface area contributed by atoms with E-state index in [4.69, 9.17) is 14.2 Å². The SMILES string of the molecule is CC(C)(C)OC(=O)N[C@@H](Cc1ccc(OCCCBr)cc1)C(=O)OC1CCCC1. The van der Waals surface area contributed by atoms with E-state index in [9.17, 15) is 9.59 Å². The van der Waals surface area contributed by atoms with E-state index in [1.54, 1.807) is 20.8 Å². The lowest BCUT2D eigenvalue weighted by Gasteiger charge is -2.24. The maximum atomic E-state index is 12.7. The highest BCUT2D eigenvalue weighted by Gasteiger charge is 2.29. The Morgan fingerprint density at radius 1 is 1.17 bits per heavy atom. The number of benzene rings is 1. The van der Waals surface area contributed by atoms with Crippen molar-refractivity contribution in [2.75, 3.05) is 11.9 Å². The first kappa shape index (κ1) is 23.5. The molecule has 0 heterocycles. The van der Waals surface area contributed by atoms with Crippen LogP contribution in [0.2, 0.25) is 0 Å². The van der Waals surface area contributed by atoms with Crippen LogP contribution in [0.4, 0.5) is 4.79 Å². The smallest absolute Gasteiger partial charge is 0.408 e. The zero-order chi connectivity index (χ0) is 21.3. The zero-order valence-corrected chi connectivity index (χ0v) is 19.1. The molecule has 1 aliphatic rings. The zero-order valence-electron chi connectivity index (χ0n) is 17.5. The lowest BCUT2D eigenvalue weighted by Crippen LogP contribution is -2.46. The molecule has 6 nitrogen and oxygen atoms in total. The minimum absolute atomic E-state index is 0.0596. The molecule has 162 valence electrons. The summed E-state index contributed by atoms with van der Waals surface area (Å²) in [6, 6.07) is 6.74. The van der Waals surface area contributed by atoms with Gasteiger partial charge >= 0.3 is 12.1 Å². The molecule has 0 bridgehead atoms. The van der Waals surface area contributed by atoms with E-state index in [1.807, 2.05) is 24.3 Å². The molecule has 1 aromatic rings. The number of halogens is 1. The molecule has 7 heteroatoms. The summed E-state index contributed by atoms with van der Waals surface area (Å²) >= 11 is 3.38. The van der Waals surface area contributed by atoms with Gasteiger partial charge in [0, 0.05) is 11.8 Å². The molecule has 0 aromatic heterocycles. The van der Waals surface area contributed by atoms with E-state index >= 15 is 0 Å². The molecule has 1 N–H and O–H groups in total. The van der Waals surface area contributed by atoms with Crippen molar-refractivity contribution in [3.63, 3.8) is 0 Å². The monoisotopic (exact) mass is 469 g/mol. The predicted octanol–water partition coefficient (Wildman–Crippen LogP) is 4.77. The number of alkyl carbamates (subject to hydrolysis) is 1. The van der Waals surface area contributed by atoms with Crippen LogP contribution in [0.1, 0.15) is 58.4 Å². The fourth-order valence-electron chi connectivity index (χ4n) is 3.10. The minimum atomic E-state index is -0.800. The van der Waals surface area contributed by atoms with Gasteiger partial charge in [-0.1, -0.05) is 28.1 Å². The maximum Gasteiger partial charge on any atom is 0.408 e. The van der Waals surface area contributed by atoms with Gasteiger partial charge in [0.25, 0.3) is 0 Å². The second-order valence-corrected chi connectivity index (χ2v) is 9.07. The van der Waals surface area contributed by atoms with E-state index < -0.39 is 23.7 Å². The van der Waals surface area contributed by atoms with Crippen LogP contribution < -0.4 is 10.1 Å². The van der Waals surface area contributed by atoms with Gasteiger partial charge < -0.3 is 19.5 Å². The number of ether oxygens (including phenoxy) is 3. The molecule has 1 aromatic carbocycles. The number of alkyl halides is 1. The topological polar surface area (TPSA) is 73.9 Å². The van der Waals surface area contributed by atoms with Crippen molar-refractivity contribution >= 4 is 28.0 Å². The Bertz CT molecular complexity index is 650. The third kappa shape index (κ3) is 9.07. The lowest BCUT2D eigenvalue weighted by molar-refractivity contribution is -0.151. The number of nitrogens with one attached hydrogen (secondary N) is 1. The van der Waals surface area contributed by atoms with Crippen LogP contribution in [0.15, 0.2) is 24.3 Å². The molecule has 0 spiro atoms. The molecule has 2 rings (SSSR count). The first-order valence-electron chi connectivity index (χ1n) is 10.2. The number of esters is 1. The van der Waals surface area contributed by atoms with Crippen LogP contribution in [-0.2, 0) is 20.7 Å². The molecule has 0 unspecified atom stereocenters. The molecular weight excluding hydrogens is 438 g/mol. The normalized spacial score (nSPS) is 15.6. The molecule has 1 amide bonds. The highest BCUT2D eigenvalue weighted by Crippen LogP contribution is 2.22. The maximum absolute atomic E-state index is 12.7. The van der Waals surface area contributed by atoms with E-state index in [-0.39, 0.29) is 6.10 Å². The van der Waals surface area contributed by atoms with Crippen LogP contribution >= 0.6 is 15.9 Å². The Hall–Kier alpha value is -1.76. The molecule has 1 saturated carbocycles. The van der Waals surface area contributed by atoms with Crippen molar-refractivity contribution in [3.05, 3.63) is 29.8 Å². The van der Waals surface area contributed by atoms with E-state index in [0.29, 0.717) is 13.0 Å². The second kappa shape index (κ2) is 11.4. The van der Waals surface area contributed by atoms with Gasteiger partial charge in [-0.05, 0) is 70.6 Å². The van der Waals surface area contributed by atoms with Crippen LogP contribution in [0, 0.1) is 0 Å². The summed E-state index contributed by atoms with van der Waals surface area (Å²) in [7, 11) is 0. The van der Waals surface area contributed by atoms with Gasteiger partial charge in [-0.15, -0.1) is 0 Å². The summed E-state index contributed by atoms with van der Waals surface area (Å²) in [6.07, 6.45) is 4.47. The Kier molecular flexibility index (Phi) is 9.27. The highest BCUT2D eigenvalue weighted by molar-refractivity contribution is 9.09. The number of rotatable bonds is 9. The number of amides is 1. The van der Waals surface area contributed by atoms with Gasteiger partial charge in [0.1, 0.15) is 23.5 Å². The van der Waals surface area contributed by atoms with Crippen LogP contribution in [-0.4, -0.2) is 41.7 Å². The third-order valence-electron chi connectivity index (χ3n) is 4.47. The highest BCUT2D eigenvalue weighted by atomic mass is 79.9. The Morgan fingerprint density at radius 2 is 1.83 bits per heavy atom. The molecule has 0 radical (unpaired) electrons. The molecule has 1 fully saturated rings. The molecular formula is C22H32BrNO5. The van der Waals surface area contributed by atoms with E-state index in [2.05, 4.69) is 21.2 Å². The van der Waals surface area contributed by atoms with Crippen molar-refractivity contribution in [3.8, 4) is 5.75 Å². The lowest BCUT2D eigenvalue weighted by atomic mass is 10.1. The molecule has 1 atom stereocenters. The van der Waals surface area contributed by atoms with Gasteiger partial charge in [0.15, 0.2) is 0 Å². The molecule has 0 aliphatic heterocycles. The first-order valence-corrected chi connectivity index (χ1v) is 11.4. The summed E-state index contributed by atoms with van der Waals surface area (Å²) in [6.45, 7) is 5.99. The van der Waals surface area contributed by atoms with Crippen molar-refractivity contribution in [2.24, 2.45) is 0 Å². The van der Waals surface area contributed by atoms with Crippen LogP contribution in [0.25, 0.3) is 0 Å². The minimum Gasteiger partial charge on any atom is -0.494 e. The largest absolute Gasteiger partial charge is 0.494 e. The number of carbonyl (C=O) groups is 2. The quantitative estimate of drug-likeness (QED) is 0.320. The average Bonchev–Trinajstić information content (AvgIpc) is 3.14. The Labute approximate surface area is 181 Å². The first-order chi connectivity index (χ1) is 13.8. The summed E-state index contributed by atoms with van der Waals surface area (Å²) in [5.74, 6) is 0.361. The predicted molar refractivity (Wildman–Crippen MR) is 116 cm³/mol. The fraction of sp³-hybridized carbons (Fsp3) is 0.636. The molecule has 1 aliphatic carbocycles. The van der Waals surface area contributed by atoms with Crippen LogP contribution in [0.3, 0.4) is 0 Å². The molecule has 29 heavy (non-hydrogen) atoms. The van der Waals surface area contributed by atoms with Gasteiger partial charge in [-0.25, -0.2) is 9.59 Å². The average molecular weight is 470 g/mol. The third-order valence-corrected chi connectivity index (χ3v) is 5.03. The van der Waals surface area contributed by atoms with E-state index in [0.717, 1.165) is 48.7 Å². The fourth-order valence-corrected chi connectivity index (χ4v) is 3.33. The van der Waals surface area contributed by atoms with Crippen molar-refractivity contribution in [2.45, 2.75) is 77.0 Å². The summed E-state index contributed by atoms with van der Waals surface area (Å²) in [4.78, 5) is 25.0. The van der Waals surface area contributed by atoms with Crippen molar-refractivity contribution < 1.29 is 23.8 Å². The van der Waals surface area contributed by atoms with Crippen molar-refractivity contribution in [1.82, 2.24) is 5.32 Å². The number of carbonyl (C=O) groups excluding carboxylic acids is 2. The summed E-state index contributed by atoms with van der Waals surface area (Å²) in [5, 5.41) is 3.58. The Balaban J connectivity index is 2.01.